The Morgan fingerprint density at radius 2 is 2.11 bits per heavy atom. The number of ether oxygens (including phenoxy) is 2. The van der Waals surface area contributed by atoms with Crippen molar-refractivity contribution in [2.75, 3.05) is 6.54 Å². The average molecular weight is 277 g/mol. The molecule has 1 heterocycles. The van der Waals surface area contributed by atoms with E-state index in [2.05, 4.69) is 4.74 Å². The van der Waals surface area contributed by atoms with Gasteiger partial charge < -0.3 is 15.2 Å². The third-order valence-electron chi connectivity index (χ3n) is 3.97. The van der Waals surface area contributed by atoms with Crippen LogP contribution in [0.2, 0.25) is 0 Å². The van der Waals surface area contributed by atoms with Gasteiger partial charge in [0.05, 0.1) is 5.41 Å². The van der Waals surface area contributed by atoms with Crippen LogP contribution in [-0.4, -0.2) is 18.5 Å². The first kappa shape index (κ1) is 12.5. The van der Waals surface area contributed by atoms with Gasteiger partial charge in [-0.25, -0.2) is 4.39 Å². The molecule has 0 amide bonds. The highest BCUT2D eigenvalue weighted by Crippen LogP contribution is 2.67. The molecule has 1 aromatic rings. The minimum Gasteiger partial charge on any atom is -0.483 e. The second-order valence-electron chi connectivity index (χ2n) is 5.13. The summed E-state index contributed by atoms with van der Waals surface area (Å²) in [4.78, 5) is 0. The predicted molar refractivity (Wildman–Crippen MR) is 57.5 cm³/mol. The van der Waals surface area contributed by atoms with Gasteiger partial charge in [0.1, 0.15) is 11.4 Å². The molecule has 3 rings (SSSR count). The topological polar surface area (TPSA) is 44.5 Å². The number of nitrogens with two attached hydrogens (primary N) is 1. The Bertz CT molecular complexity index is 559. The van der Waals surface area contributed by atoms with Crippen LogP contribution in [0, 0.1) is 5.82 Å². The van der Waals surface area contributed by atoms with Gasteiger partial charge in [-0.15, -0.1) is 13.2 Å². The molecule has 1 fully saturated rings. The van der Waals surface area contributed by atoms with Crippen LogP contribution in [0.15, 0.2) is 12.1 Å². The molecule has 3 nitrogen and oxygen atoms in total. The van der Waals surface area contributed by atoms with E-state index in [1.807, 2.05) is 0 Å². The van der Waals surface area contributed by atoms with Crippen LogP contribution in [-0.2, 0) is 5.41 Å². The first-order chi connectivity index (χ1) is 8.71. The molecule has 2 aliphatic rings. The molecule has 0 radical (unpaired) electrons. The molecule has 1 aliphatic heterocycles. The molecule has 1 saturated carbocycles. The first-order valence-corrected chi connectivity index (χ1v) is 5.70. The summed E-state index contributed by atoms with van der Waals surface area (Å²) in [5.74, 6) is -1.47. The van der Waals surface area contributed by atoms with Gasteiger partial charge in [0.2, 0.25) is 0 Å². The highest BCUT2D eigenvalue weighted by Gasteiger charge is 2.72. The molecule has 1 aliphatic carbocycles. The zero-order valence-electron chi connectivity index (χ0n) is 9.97. The smallest absolute Gasteiger partial charge is 0.483 e. The lowest BCUT2D eigenvalue weighted by molar-refractivity contribution is -0.274. The summed E-state index contributed by atoms with van der Waals surface area (Å²) in [6.07, 6.45) is -4.29. The van der Waals surface area contributed by atoms with E-state index in [-0.39, 0.29) is 12.3 Å². The Balaban J connectivity index is 2.06. The molecule has 0 aromatic heterocycles. The van der Waals surface area contributed by atoms with E-state index in [1.165, 1.54) is 0 Å². The van der Waals surface area contributed by atoms with Crippen LogP contribution in [0.4, 0.5) is 17.6 Å². The van der Waals surface area contributed by atoms with E-state index < -0.39 is 28.9 Å². The fraction of sp³-hybridized carbons (Fsp3) is 0.500. The number of rotatable bonds is 2. The van der Waals surface area contributed by atoms with E-state index in [0.717, 1.165) is 6.07 Å². The summed E-state index contributed by atoms with van der Waals surface area (Å²) in [6.45, 7) is 1.95. The monoisotopic (exact) mass is 277 g/mol. The number of hydrogen-bond donors (Lipinski definition) is 1. The second-order valence-corrected chi connectivity index (χ2v) is 5.13. The van der Waals surface area contributed by atoms with Crippen molar-refractivity contribution in [2.45, 2.75) is 30.7 Å². The SMILES string of the molecule is CC12CC1(CN)c1cc(OC(F)(F)F)cc(F)c1O2. The number of alkyl halides is 3. The van der Waals surface area contributed by atoms with Gasteiger partial charge >= 0.3 is 6.36 Å². The van der Waals surface area contributed by atoms with Gasteiger partial charge in [-0.3, -0.25) is 0 Å². The van der Waals surface area contributed by atoms with Gasteiger partial charge in [-0.1, -0.05) is 0 Å². The molecule has 104 valence electrons. The number of halogens is 4. The van der Waals surface area contributed by atoms with Crippen molar-refractivity contribution in [1.29, 1.82) is 0 Å². The molecular weight excluding hydrogens is 266 g/mol. The van der Waals surface area contributed by atoms with E-state index in [9.17, 15) is 17.6 Å². The summed E-state index contributed by atoms with van der Waals surface area (Å²) in [6, 6.07) is 1.83. The standard InChI is InChI=1S/C12H11F4NO2/c1-10-4-11(10,5-17)7-2-6(18-12(14,15)16)3-8(13)9(7)19-10/h2-3H,4-5,17H2,1H3. The minimum absolute atomic E-state index is 0.0197. The van der Waals surface area contributed by atoms with Gasteiger partial charge in [0, 0.05) is 24.6 Å². The minimum atomic E-state index is -4.86. The van der Waals surface area contributed by atoms with Crippen LogP contribution >= 0.6 is 0 Å². The average Bonchev–Trinajstić information content (AvgIpc) is 2.79. The largest absolute Gasteiger partial charge is 0.573 e. The lowest BCUT2D eigenvalue weighted by Gasteiger charge is -2.14. The van der Waals surface area contributed by atoms with Crippen molar-refractivity contribution in [2.24, 2.45) is 5.73 Å². The molecule has 0 saturated heterocycles. The molecule has 1 aromatic carbocycles. The number of benzene rings is 1. The van der Waals surface area contributed by atoms with Gasteiger partial charge in [-0.05, 0) is 13.0 Å². The van der Waals surface area contributed by atoms with Crippen LogP contribution in [0.1, 0.15) is 18.9 Å². The molecule has 19 heavy (non-hydrogen) atoms. The van der Waals surface area contributed by atoms with Crippen LogP contribution in [0.25, 0.3) is 0 Å². The molecule has 0 bridgehead atoms. The van der Waals surface area contributed by atoms with E-state index in [0.29, 0.717) is 18.1 Å². The molecule has 0 spiro atoms. The zero-order chi connectivity index (χ0) is 14.1. The van der Waals surface area contributed by atoms with Crippen LogP contribution in [0.3, 0.4) is 0 Å². The van der Waals surface area contributed by atoms with Crippen LogP contribution < -0.4 is 15.2 Å². The Morgan fingerprint density at radius 1 is 1.42 bits per heavy atom. The van der Waals surface area contributed by atoms with E-state index in [4.69, 9.17) is 10.5 Å². The van der Waals surface area contributed by atoms with Crippen molar-refractivity contribution in [3.05, 3.63) is 23.5 Å². The molecule has 2 atom stereocenters. The number of hydrogen-bond acceptors (Lipinski definition) is 3. The summed E-state index contributed by atoms with van der Waals surface area (Å²) in [7, 11) is 0. The predicted octanol–water partition coefficient (Wildman–Crippen LogP) is 2.48. The lowest BCUT2D eigenvalue weighted by Crippen LogP contribution is -2.27. The molecule has 2 unspecified atom stereocenters. The fourth-order valence-corrected chi connectivity index (χ4v) is 2.89. The zero-order valence-corrected chi connectivity index (χ0v) is 9.97. The van der Waals surface area contributed by atoms with Gasteiger partial charge in [0.25, 0.3) is 0 Å². The van der Waals surface area contributed by atoms with Crippen molar-refractivity contribution >= 4 is 0 Å². The third kappa shape index (κ3) is 1.60. The Kier molecular flexibility index (Phi) is 2.20. The highest BCUT2D eigenvalue weighted by molar-refractivity contribution is 5.58. The summed E-state index contributed by atoms with van der Waals surface area (Å²) < 4.78 is 59.6. The summed E-state index contributed by atoms with van der Waals surface area (Å²) in [5, 5.41) is 0. The molecule has 7 heteroatoms. The fourth-order valence-electron chi connectivity index (χ4n) is 2.89. The van der Waals surface area contributed by atoms with Crippen molar-refractivity contribution in [3.8, 4) is 11.5 Å². The Hall–Kier alpha value is -1.50. The maximum Gasteiger partial charge on any atom is 0.573 e. The van der Waals surface area contributed by atoms with Gasteiger partial charge in [-0.2, -0.15) is 0 Å². The van der Waals surface area contributed by atoms with Crippen LogP contribution in [0.5, 0.6) is 11.5 Å². The Morgan fingerprint density at radius 3 is 2.68 bits per heavy atom. The van der Waals surface area contributed by atoms with Crippen molar-refractivity contribution in [1.82, 2.24) is 0 Å². The van der Waals surface area contributed by atoms with E-state index >= 15 is 0 Å². The van der Waals surface area contributed by atoms with E-state index in [1.54, 1.807) is 6.92 Å². The quantitative estimate of drug-likeness (QED) is 0.845. The highest BCUT2D eigenvalue weighted by atomic mass is 19.4. The lowest BCUT2D eigenvalue weighted by atomic mass is 9.93. The summed E-state index contributed by atoms with van der Waals surface area (Å²) >= 11 is 0. The first-order valence-electron chi connectivity index (χ1n) is 5.70. The third-order valence-corrected chi connectivity index (χ3v) is 3.97. The maximum absolute atomic E-state index is 13.8. The Labute approximate surface area is 106 Å². The van der Waals surface area contributed by atoms with Crippen molar-refractivity contribution < 1.29 is 27.0 Å². The maximum atomic E-state index is 13.8. The number of fused-ring (bicyclic) bond motifs is 3. The van der Waals surface area contributed by atoms with Gasteiger partial charge in [0.15, 0.2) is 11.6 Å². The summed E-state index contributed by atoms with van der Waals surface area (Å²) in [5.41, 5.74) is 4.80. The van der Waals surface area contributed by atoms with Crippen molar-refractivity contribution in [3.63, 3.8) is 0 Å². The molecule has 2 N–H and O–H groups in total. The second kappa shape index (κ2) is 3.33. The normalized spacial score (nSPS) is 31.5. The molecular formula is C12H11F4NO2.